The van der Waals surface area contributed by atoms with Gasteiger partial charge < -0.3 is 0 Å². The van der Waals surface area contributed by atoms with Gasteiger partial charge in [0.25, 0.3) is 0 Å². The fourth-order valence-corrected chi connectivity index (χ4v) is 11.9. The molecule has 0 heterocycles. The first-order valence-corrected chi connectivity index (χ1v) is 18.3. The fraction of sp³-hybridized carbons (Fsp3) is 0.514. The molecule has 0 nitrogen and oxygen atoms in total. The third-order valence-electron chi connectivity index (χ3n) is 8.17. The van der Waals surface area contributed by atoms with Gasteiger partial charge >= 0.3 is 231 Å². The van der Waals surface area contributed by atoms with Crippen molar-refractivity contribution in [3.63, 3.8) is 0 Å². The van der Waals surface area contributed by atoms with Crippen LogP contribution in [0, 0.1) is 10.8 Å². The summed E-state index contributed by atoms with van der Waals surface area (Å²) in [6.07, 6.45) is 5.29. The van der Waals surface area contributed by atoms with Crippen LogP contribution in [0.15, 0.2) is 48.6 Å². The summed E-state index contributed by atoms with van der Waals surface area (Å²) in [4.78, 5) is 0. The van der Waals surface area contributed by atoms with Crippen molar-refractivity contribution in [3.05, 3.63) is 81.9 Å². The van der Waals surface area contributed by atoms with Crippen LogP contribution >= 0.6 is 0 Å². The molecular weight excluding hydrogens is 512 g/mol. The number of allylic oxidation sites excluding steroid dienone is 4. The van der Waals surface area contributed by atoms with Crippen LogP contribution in [0.3, 0.4) is 0 Å². The van der Waals surface area contributed by atoms with E-state index < -0.39 is 21.3 Å². The zero-order valence-corrected chi connectivity index (χ0v) is 27.4. The molecule has 0 spiro atoms. The van der Waals surface area contributed by atoms with Crippen molar-refractivity contribution in [3.8, 4) is 0 Å². The zero-order chi connectivity index (χ0) is 27.0. The van der Waals surface area contributed by atoms with E-state index in [1.807, 2.05) is 0 Å². The van der Waals surface area contributed by atoms with E-state index in [2.05, 4.69) is 132 Å². The summed E-state index contributed by atoms with van der Waals surface area (Å²) < 4.78 is 6.11. The number of hydrogen-bond donors (Lipinski definition) is 0. The van der Waals surface area contributed by atoms with Gasteiger partial charge in [0.2, 0.25) is 0 Å². The monoisotopic (exact) mass is 558 g/mol. The van der Waals surface area contributed by atoms with Crippen molar-refractivity contribution in [2.24, 2.45) is 10.8 Å². The summed E-state index contributed by atoms with van der Waals surface area (Å²) in [7, 11) is 0. The maximum absolute atomic E-state index is 5.08. The number of benzene rings is 2. The van der Waals surface area contributed by atoms with Crippen molar-refractivity contribution in [1.82, 2.24) is 0 Å². The topological polar surface area (TPSA) is 0 Å². The Hall–Kier alpha value is -1.33. The molecular formula is C35H48Zr. The van der Waals surface area contributed by atoms with Crippen LogP contribution in [0.4, 0.5) is 0 Å². The summed E-state index contributed by atoms with van der Waals surface area (Å²) in [6, 6.07) is 14.7. The molecule has 2 aliphatic carbocycles. The molecule has 2 aromatic carbocycles. The Morgan fingerprint density at radius 1 is 0.528 bits per heavy atom. The van der Waals surface area contributed by atoms with Crippen LogP contribution in [-0.2, 0) is 32.1 Å². The summed E-state index contributed by atoms with van der Waals surface area (Å²) in [6.45, 7) is 28.2. The quantitative estimate of drug-likeness (QED) is 0.343. The van der Waals surface area contributed by atoms with Gasteiger partial charge in [-0.05, 0) is 0 Å². The Balaban J connectivity index is 1.84. The first-order chi connectivity index (χ1) is 16.3. The first-order valence-electron chi connectivity index (χ1n) is 13.7. The molecule has 2 unspecified atom stereocenters. The van der Waals surface area contributed by atoms with Gasteiger partial charge in [0.1, 0.15) is 0 Å². The van der Waals surface area contributed by atoms with Crippen molar-refractivity contribution in [1.29, 1.82) is 0 Å². The molecule has 0 radical (unpaired) electrons. The molecule has 0 saturated heterocycles. The second-order valence-electron chi connectivity index (χ2n) is 15.3. The van der Waals surface area contributed by atoms with Crippen LogP contribution < -0.4 is 0 Å². The van der Waals surface area contributed by atoms with Crippen LogP contribution in [0.1, 0.15) is 124 Å². The Morgan fingerprint density at radius 3 is 1.14 bits per heavy atom. The van der Waals surface area contributed by atoms with E-state index in [0.29, 0.717) is 7.25 Å². The molecule has 0 aromatic heterocycles. The van der Waals surface area contributed by atoms with E-state index in [9.17, 15) is 0 Å². The molecule has 4 rings (SSSR count). The third-order valence-corrected chi connectivity index (χ3v) is 14.4. The van der Waals surface area contributed by atoms with E-state index in [-0.39, 0.29) is 21.7 Å². The fourth-order valence-electron chi connectivity index (χ4n) is 5.86. The molecule has 1 heteroatoms. The SMILES string of the molecule is [CH2]=[Zr]([CH]1C=C(C(C)(C)C)c2cc(C(C)(C)C)ccc21)[CH]1C=C(C(C)(C)C)c2cc(C(C)(C)C)ccc21. The zero-order valence-electron chi connectivity index (χ0n) is 25.0. The van der Waals surface area contributed by atoms with Crippen molar-refractivity contribution in [2.45, 2.75) is 101 Å². The summed E-state index contributed by atoms with van der Waals surface area (Å²) in [5.41, 5.74) is 12.5. The molecule has 36 heavy (non-hydrogen) atoms. The van der Waals surface area contributed by atoms with Crippen LogP contribution in [0.2, 0.25) is 0 Å². The molecule has 0 N–H and O–H groups in total. The van der Waals surface area contributed by atoms with Gasteiger partial charge in [-0.2, -0.15) is 0 Å². The number of rotatable bonds is 2. The first kappa shape index (κ1) is 27.7. The molecule has 2 aliphatic rings. The van der Waals surface area contributed by atoms with Crippen molar-refractivity contribution >= 4 is 15.4 Å². The summed E-state index contributed by atoms with van der Waals surface area (Å²) in [5.74, 6) is 0. The molecule has 2 atom stereocenters. The van der Waals surface area contributed by atoms with Crippen LogP contribution in [0.5, 0.6) is 0 Å². The minimum absolute atomic E-state index is 0.130. The minimum atomic E-state index is -2.25. The Kier molecular flexibility index (Phi) is 6.82. The second kappa shape index (κ2) is 8.87. The molecule has 0 amide bonds. The van der Waals surface area contributed by atoms with Gasteiger partial charge in [0.05, 0.1) is 0 Å². The average molecular weight is 560 g/mol. The molecule has 0 fully saturated rings. The van der Waals surface area contributed by atoms with Gasteiger partial charge in [-0.3, -0.25) is 0 Å². The van der Waals surface area contributed by atoms with Gasteiger partial charge in [-0.25, -0.2) is 0 Å². The predicted octanol–water partition coefficient (Wildman–Crippen LogP) is 10.0. The van der Waals surface area contributed by atoms with Crippen molar-refractivity contribution in [2.75, 3.05) is 0 Å². The average Bonchev–Trinajstić information content (AvgIpc) is 3.30. The van der Waals surface area contributed by atoms with Gasteiger partial charge in [-0.1, -0.05) is 0 Å². The molecule has 2 aromatic rings. The van der Waals surface area contributed by atoms with E-state index in [4.69, 9.17) is 4.21 Å². The molecule has 0 saturated carbocycles. The van der Waals surface area contributed by atoms with Gasteiger partial charge in [0.15, 0.2) is 0 Å². The van der Waals surface area contributed by atoms with Crippen molar-refractivity contribution < 1.29 is 21.3 Å². The van der Waals surface area contributed by atoms with E-state index in [1.54, 1.807) is 11.1 Å². The molecule has 0 bridgehead atoms. The molecule has 0 aliphatic heterocycles. The second-order valence-corrected chi connectivity index (χ2v) is 21.2. The van der Waals surface area contributed by atoms with E-state index >= 15 is 0 Å². The number of fused-ring (bicyclic) bond motifs is 2. The maximum atomic E-state index is 5.08. The van der Waals surface area contributed by atoms with Crippen LogP contribution in [0.25, 0.3) is 11.1 Å². The Morgan fingerprint density at radius 2 is 0.861 bits per heavy atom. The summed E-state index contributed by atoms with van der Waals surface area (Å²) >= 11 is -2.25. The normalized spacial score (nSPS) is 20.1. The standard InChI is InChI=1S/2C17H23.CH2.Zr/c2*1-16(2,3)13-9-7-12-8-10-15(14(12)11-13)17(4,5)6;;/h2*7-11H,1-6H3;1H2;. The summed E-state index contributed by atoms with van der Waals surface area (Å²) in [5, 5.41) is 0. The number of hydrogen-bond acceptors (Lipinski definition) is 0. The van der Waals surface area contributed by atoms with E-state index in [1.165, 1.54) is 33.4 Å². The van der Waals surface area contributed by atoms with Crippen LogP contribution in [-0.4, -0.2) is 4.21 Å². The Labute approximate surface area is 229 Å². The third kappa shape index (κ3) is 5.04. The van der Waals surface area contributed by atoms with Gasteiger partial charge in [-0.15, -0.1) is 0 Å². The predicted molar refractivity (Wildman–Crippen MR) is 158 cm³/mol. The molecule has 192 valence electrons. The Bertz CT molecular complexity index is 1170. The van der Waals surface area contributed by atoms with Gasteiger partial charge in [0, 0.05) is 0 Å². The van der Waals surface area contributed by atoms with E-state index in [0.717, 1.165) is 0 Å².